The maximum atomic E-state index is 12.1. The van der Waals surface area contributed by atoms with Crippen molar-refractivity contribution in [3.63, 3.8) is 0 Å². The van der Waals surface area contributed by atoms with E-state index in [1.807, 2.05) is 30.3 Å². The SMILES string of the molecule is O=S(=O)(CCc1ccccc1)NC[C@H]1COC2(CCCCC2)O1. The fraction of sp³-hybridized carbons (Fsp3) is 0.647. The highest BCUT2D eigenvalue weighted by molar-refractivity contribution is 7.89. The van der Waals surface area contributed by atoms with Gasteiger partial charge in [-0.3, -0.25) is 0 Å². The van der Waals surface area contributed by atoms with E-state index >= 15 is 0 Å². The van der Waals surface area contributed by atoms with Crippen LogP contribution in [-0.4, -0.2) is 39.2 Å². The van der Waals surface area contributed by atoms with Gasteiger partial charge in [-0.1, -0.05) is 36.8 Å². The van der Waals surface area contributed by atoms with Gasteiger partial charge < -0.3 is 9.47 Å². The fourth-order valence-electron chi connectivity index (χ4n) is 3.26. The molecule has 2 aliphatic rings. The molecule has 6 heteroatoms. The molecule has 1 aromatic carbocycles. The zero-order valence-electron chi connectivity index (χ0n) is 13.4. The van der Waals surface area contributed by atoms with Gasteiger partial charge in [0.05, 0.1) is 18.5 Å². The second-order valence-electron chi connectivity index (χ2n) is 6.43. The maximum Gasteiger partial charge on any atom is 0.212 e. The lowest BCUT2D eigenvalue weighted by atomic mass is 9.94. The van der Waals surface area contributed by atoms with Crippen LogP contribution in [0.2, 0.25) is 0 Å². The number of aryl methyl sites for hydroxylation is 1. The topological polar surface area (TPSA) is 64.6 Å². The van der Waals surface area contributed by atoms with Gasteiger partial charge in [-0.15, -0.1) is 0 Å². The summed E-state index contributed by atoms with van der Waals surface area (Å²) >= 11 is 0. The van der Waals surface area contributed by atoms with Crippen LogP contribution >= 0.6 is 0 Å². The Morgan fingerprint density at radius 2 is 1.87 bits per heavy atom. The van der Waals surface area contributed by atoms with Gasteiger partial charge in [0, 0.05) is 19.4 Å². The first kappa shape index (κ1) is 16.9. The van der Waals surface area contributed by atoms with E-state index in [0.29, 0.717) is 19.6 Å². The first-order valence-corrected chi connectivity index (χ1v) is 10.1. The minimum Gasteiger partial charge on any atom is -0.347 e. The molecular weight excluding hydrogens is 314 g/mol. The van der Waals surface area contributed by atoms with Crippen molar-refractivity contribution in [3.8, 4) is 0 Å². The summed E-state index contributed by atoms with van der Waals surface area (Å²) in [6.45, 7) is 0.764. The Bertz CT molecular complexity index is 596. The normalized spacial score (nSPS) is 24.1. The Morgan fingerprint density at radius 3 is 2.61 bits per heavy atom. The van der Waals surface area contributed by atoms with Gasteiger partial charge in [0.25, 0.3) is 0 Å². The molecule has 3 rings (SSSR count). The van der Waals surface area contributed by atoms with Gasteiger partial charge in [0.1, 0.15) is 0 Å². The van der Waals surface area contributed by atoms with Crippen LogP contribution in [-0.2, 0) is 25.9 Å². The Morgan fingerprint density at radius 1 is 1.13 bits per heavy atom. The summed E-state index contributed by atoms with van der Waals surface area (Å²) < 4.78 is 38.7. The Kier molecular flexibility index (Phi) is 5.36. The number of ether oxygens (including phenoxy) is 2. The summed E-state index contributed by atoms with van der Waals surface area (Å²) in [7, 11) is -3.30. The average molecular weight is 339 g/mol. The van der Waals surface area contributed by atoms with Crippen LogP contribution < -0.4 is 4.72 Å². The van der Waals surface area contributed by atoms with E-state index in [0.717, 1.165) is 31.2 Å². The maximum absolute atomic E-state index is 12.1. The number of nitrogens with one attached hydrogen (secondary N) is 1. The quantitative estimate of drug-likeness (QED) is 0.863. The molecule has 1 atom stereocenters. The van der Waals surface area contributed by atoms with Crippen LogP contribution in [0.4, 0.5) is 0 Å². The third-order valence-corrected chi connectivity index (χ3v) is 5.91. The van der Waals surface area contributed by atoms with Crippen molar-refractivity contribution in [1.82, 2.24) is 4.72 Å². The second-order valence-corrected chi connectivity index (χ2v) is 8.35. The highest BCUT2D eigenvalue weighted by atomic mass is 32.2. The number of hydrogen-bond donors (Lipinski definition) is 1. The molecular formula is C17H25NO4S. The van der Waals surface area contributed by atoms with Crippen LogP contribution in [0, 0.1) is 0 Å². The van der Waals surface area contributed by atoms with Gasteiger partial charge in [-0.25, -0.2) is 13.1 Å². The van der Waals surface area contributed by atoms with Gasteiger partial charge in [-0.05, 0) is 24.8 Å². The van der Waals surface area contributed by atoms with Crippen LogP contribution in [0.25, 0.3) is 0 Å². The molecule has 1 heterocycles. The highest BCUT2D eigenvalue weighted by Gasteiger charge is 2.42. The monoisotopic (exact) mass is 339 g/mol. The largest absolute Gasteiger partial charge is 0.347 e. The van der Waals surface area contributed by atoms with Crippen molar-refractivity contribution >= 4 is 10.0 Å². The first-order valence-electron chi connectivity index (χ1n) is 8.40. The molecule has 0 aromatic heterocycles. The van der Waals surface area contributed by atoms with Gasteiger partial charge in [0.15, 0.2) is 5.79 Å². The predicted molar refractivity (Wildman–Crippen MR) is 88.6 cm³/mol. The highest BCUT2D eigenvalue weighted by Crippen LogP contribution is 2.37. The molecule has 1 aliphatic heterocycles. The van der Waals surface area contributed by atoms with E-state index in [-0.39, 0.29) is 11.9 Å². The molecule has 1 saturated carbocycles. The Hall–Kier alpha value is -0.950. The van der Waals surface area contributed by atoms with Crippen molar-refractivity contribution in [2.45, 2.75) is 50.4 Å². The van der Waals surface area contributed by atoms with E-state index in [9.17, 15) is 8.42 Å². The molecule has 0 unspecified atom stereocenters. The van der Waals surface area contributed by atoms with E-state index in [4.69, 9.17) is 9.47 Å². The molecule has 1 saturated heterocycles. The lowest BCUT2D eigenvalue weighted by Crippen LogP contribution is -2.38. The second kappa shape index (κ2) is 7.30. The summed E-state index contributed by atoms with van der Waals surface area (Å²) in [6.07, 6.45) is 5.65. The van der Waals surface area contributed by atoms with Crippen LogP contribution in [0.1, 0.15) is 37.7 Å². The molecule has 0 amide bonds. The number of benzene rings is 1. The molecule has 1 aromatic rings. The van der Waals surface area contributed by atoms with Crippen LogP contribution in [0.15, 0.2) is 30.3 Å². The standard InChI is InChI=1S/C17H25NO4S/c19-23(20,12-9-15-7-3-1-4-8-15)18-13-16-14-21-17(22-16)10-5-2-6-11-17/h1,3-4,7-8,16,18H,2,5-6,9-14H2/t16-/m0/s1. The molecule has 1 aliphatic carbocycles. The number of sulfonamides is 1. The molecule has 0 bridgehead atoms. The molecule has 128 valence electrons. The molecule has 1 spiro atoms. The van der Waals surface area contributed by atoms with E-state index in [1.165, 1.54) is 6.42 Å². The third kappa shape index (κ3) is 4.76. The van der Waals surface area contributed by atoms with Gasteiger partial charge in [-0.2, -0.15) is 0 Å². The molecule has 23 heavy (non-hydrogen) atoms. The Balaban J connectivity index is 1.44. The minimum absolute atomic E-state index is 0.0930. The van der Waals surface area contributed by atoms with E-state index in [2.05, 4.69) is 4.72 Å². The molecule has 5 nitrogen and oxygen atoms in total. The molecule has 1 N–H and O–H groups in total. The van der Waals surface area contributed by atoms with Crippen molar-refractivity contribution in [2.75, 3.05) is 18.9 Å². The lowest BCUT2D eigenvalue weighted by molar-refractivity contribution is -0.186. The summed E-state index contributed by atoms with van der Waals surface area (Å²) in [5.41, 5.74) is 1.03. The molecule has 2 fully saturated rings. The molecule has 0 radical (unpaired) electrons. The van der Waals surface area contributed by atoms with Crippen LogP contribution in [0.3, 0.4) is 0 Å². The zero-order valence-corrected chi connectivity index (χ0v) is 14.2. The lowest BCUT2D eigenvalue weighted by Gasteiger charge is -2.31. The summed E-state index contributed by atoms with van der Waals surface area (Å²) in [5.74, 6) is -0.353. The van der Waals surface area contributed by atoms with Crippen molar-refractivity contribution in [1.29, 1.82) is 0 Å². The van der Waals surface area contributed by atoms with Crippen molar-refractivity contribution in [3.05, 3.63) is 35.9 Å². The zero-order chi connectivity index (χ0) is 16.2. The van der Waals surface area contributed by atoms with Crippen molar-refractivity contribution < 1.29 is 17.9 Å². The predicted octanol–water partition coefficient (Wildman–Crippen LogP) is 2.22. The summed E-state index contributed by atoms with van der Waals surface area (Å²) in [5, 5.41) is 0. The number of hydrogen-bond acceptors (Lipinski definition) is 4. The van der Waals surface area contributed by atoms with Crippen molar-refractivity contribution in [2.24, 2.45) is 0 Å². The van der Waals surface area contributed by atoms with E-state index < -0.39 is 15.8 Å². The fourth-order valence-corrected chi connectivity index (χ4v) is 4.35. The van der Waals surface area contributed by atoms with Gasteiger partial charge >= 0.3 is 0 Å². The minimum atomic E-state index is -3.30. The third-order valence-electron chi connectivity index (χ3n) is 4.56. The number of rotatable bonds is 6. The Labute approximate surface area is 138 Å². The first-order chi connectivity index (χ1) is 11.1. The summed E-state index contributed by atoms with van der Waals surface area (Å²) in [4.78, 5) is 0. The van der Waals surface area contributed by atoms with Gasteiger partial charge in [0.2, 0.25) is 10.0 Å². The smallest absolute Gasteiger partial charge is 0.212 e. The van der Waals surface area contributed by atoms with E-state index in [1.54, 1.807) is 0 Å². The summed E-state index contributed by atoms with van der Waals surface area (Å²) in [6, 6.07) is 9.65. The average Bonchev–Trinajstić information content (AvgIpc) is 2.96. The van der Waals surface area contributed by atoms with Crippen LogP contribution in [0.5, 0.6) is 0 Å².